The SMILES string of the molecule is CCCNC(CC)CCCc1c(C)cccc1C. The number of rotatable bonds is 8. The molecule has 0 amide bonds. The maximum Gasteiger partial charge on any atom is 0.00645 e. The Hall–Kier alpha value is -0.820. The van der Waals surface area contributed by atoms with Gasteiger partial charge in [-0.25, -0.2) is 0 Å². The lowest BCUT2D eigenvalue weighted by Gasteiger charge is -2.17. The zero-order chi connectivity index (χ0) is 13.4. The van der Waals surface area contributed by atoms with Crippen molar-refractivity contribution in [2.45, 2.75) is 65.8 Å². The zero-order valence-corrected chi connectivity index (χ0v) is 12.6. The maximum absolute atomic E-state index is 3.63. The third-order valence-corrected chi connectivity index (χ3v) is 3.80. The van der Waals surface area contributed by atoms with Gasteiger partial charge >= 0.3 is 0 Å². The summed E-state index contributed by atoms with van der Waals surface area (Å²) >= 11 is 0. The Bertz CT molecular complexity index is 323. The van der Waals surface area contributed by atoms with Crippen molar-refractivity contribution in [2.75, 3.05) is 6.54 Å². The van der Waals surface area contributed by atoms with Crippen molar-refractivity contribution in [3.05, 3.63) is 34.9 Å². The molecule has 0 fully saturated rings. The monoisotopic (exact) mass is 247 g/mol. The maximum atomic E-state index is 3.63. The van der Waals surface area contributed by atoms with E-state index in [0.29, 0.717) is 6.04 Å². The first-order chi connectivity index (χ1) is 8.69. The van der Waals surface area contributed by atoms with Crippen LogP contribution in [0.4, 0.5) is 0 Å². The normalized spacial score (nSPS) is 12.7. The van der Waals surface area contributed by atoms with E-state index in [0.717, 1.165) is 6.54 Å². The summed E-state index contributed by atoms with van der Waals surface area (Å²) in [5.41, 5.74) is 4.46. The van der Waals surface area contributed by atoms with Crippen LogP contribution in [0, 0.1) is 13.8 Å². The van der Waals surface area contributed by atoms with Crippen LogP contribution in [-0.4, -0.2) is 12.6 Å². The molecule has 1 nitrogen and oxygen atoms in total. The van der Waals surface area contributed by atoms with E-state index in [1.807, 2.05) is 0 Å². The van der Waals surface area contributed by atoms with Gasteiger partial charge in [0.05, 0.1) is 0 Å². The average Bonchev–Trinajstić information content (AvgIpc) is 2.36. The molecule has 0 bridgehead atoms. The van der Waals surface area contributed by atoms with Gasteiger partial charge in [0.15, 0.2) is 0 Å². The average molecular weight is 247 g/mol. The molecule has 0 spiro atoms. The van der Waals surface area contributed by atoms with Crippen LogP contribution in [-0.2, 0) is 6.42 Å². The van der Waals surface area contributed by atoms with Crippen LogP contribution in [0.1, 0.15) is 56.2 Å². The fourth-order valence-corrected chi connectivity index (χ4v) is 2.57. The predicted molar refractivity (Wildman–Crippen MR) is 81.2 cm³/mol. The molecule has 0 aliphatic heterocycles. The second kappa shape index (κ2) is 8.31. The second-order valence-electron chi connectivity index (χ2n) is 5.32. The van der Waals surface area contributed by atoms with Gasteiger partial charge in [0, 0.05) is 6.04 Å². The molecule has 0 saturated carbocycles. The van der Waals surface area contributed by atoms with Crippen LogP contribution in [0.15, 0.2) is 18.2 Å². The summed E-state index contributed by atoms with van der Waals surface area (Å²) in [5.74, 6) is 0. The zero-order valence-electron chi connectivity index (χ0n) is 12.6. The van der Waals surface area contributed by atoms with Gasteiger partial charge < -0.3 is 5.32 Å². The van der Waals surface area contributed by atoms with Gasteiger partial charge in [-0.3, -0.25) is 0 Å². The minimum atomic E-state index is 0.703. The third kappa shape index (κ3) is 4.81. The smallest absolute Gasteiger partial charge is 0.00645 e. The van der Waals surface area contributed by atoms with E-state index >= 15 is 0 Å². The van der Waals surface area contributed by atoms with E-state index in [4.69, 9.17) is 0 Å². The van der Waals surface area contributed by atoms with E-state index in [1.165, 1.54) is 43.2 Å². The fraction of sp³-hybridized carbons (Fsp3) is 0.647. The lowest BCUT2D eigenvalue weighted by Crippen LogP contribution is -2.29. The Morgan fingerprint density at radius 3 is 2.33 bits per heavy atom. The topological polar surface area (TPSA) is 12.0 Å². The lowest BCUT2D eigenvalue weighted by atomic mass is 9.96. The molecule has 0 radical (unpaired) electrons. The van der Waals surface area contributed by atoms with E-state index in [-0.39, 0.29) is 0 Å². The van der Waals surface area contributed by atoms with Crippen molar-refractivity contribution in [3.63, 3.8) is 0 Å². The summed E-state index contributed by atoms with van der Waals surface area (Å²) in [6.07, 6.45) is 6.29. The number of nitrogens with one attached hydrogen (secondary N) is 1. The molecule has 1 aromatic carbocycles. The number of hydrogen-bond acceptors (Lipinski definition) is 1. The quantitative estimate of drug-likeness (QED) is 0.717. The highest BCUT2D eigenvalue weighted by Crippen LogP contribution is 2.17. The molecule has 0 aliphatic rings. The van der Waals surface area contributed by atoms with Gasteiger partial charge in [-0.2, -0.15) is 0 Å². The fourth-order valence-electron chi connectivity index (χ4n) is 2.57. The van der Waals surface area contributed by atoms with Gasteiger partial charge in [-0.1, -0.05) is 32.0 Å². The molecular formula is C17H29N. The Balaban J connectivity index is 2.40. The molecule has 1 unspecified atom stereocenters. The molecule has 1 atom stereocenters. The van der Waals surface area contributed by atoms with E-state index < -0.39 is 0 Å². The minimum absolute atomic E-state index is 0.703. The summed E-state index contributed by atoms with van der Waals surface area (Å²) in [7, 11) is 0. The van der Waals surface area contributed by atoms with Crippen LogP contribution >= 0.6 is 0 Å². The highest BCUT2D eigenvalue weighted by molar-refractivity contribution is 5.33. The van der Waals surface area contributed by atoms with Gasteiger partial charge in [-0.05, 0) is 69.2 Å². The number of hydrogen-bond donors (Lipinski definition) is 1. The van der Waals surface area contributed by atoms with Crippen molar-refractivity contribution in [1.82, 2.24) is 5.32 Å². The molecule has 18 heavy (non-hydrogen) atoms. The first-order valence-electron chi connectivity index (χ1n) is 7.47. The predicted octanol–water partition coefficient (Wildman–Crippen LogP) is 4.40. The molecule has 0 heterocycles. The Morgan fingerprint density at radius 2 is 1.78 bits per heavy atom. The van der Waals surface area contributed by atoms with Crippen LogP contribution in [0.5, 0.6) is 0 Å². The van der Waals surface area contributed by atoms with Gasteiger partial charge in [0.1, 0.15) is 0 Å². The van der Waals surface area contributed by atoms with Crippen molar-refractivity contribution < 1.29 is 0 Å². The standard InChI is InChI=1S/C17H29N/c1-5-13-18-16(6-2)11-8-12-17-14(3)9-7-10-15(17)4/h7,9-10,16,18H,5-6,8,11-13H2,1-4H3. The van der Waals surface area contributed by atoms with Gasteiger partial charge in [-0.15, -0.1) is 0 Å². The molecular weight excluding hydrogens is 218 g/mol. The van der Waals surface area contributed by atoms with Crippen molar-refractivity contribution in [1.29, 1.82) is 0 Å². The lowest BCUT2D eigenvalue weighted by molar-refractivity contribution is 0.455. The van der Waals surface area contributed by atoms with Crippen LogP contribution in [0.3, 0.4) is 0 Å². The summed E-state index contributed by atoms with van der Waals surface area (Å²) in [6.45, 7) is 10.1. The number of aryl methyl sites for hydroxylation is 2. The first-order valence-corrected chi connectivity index (χ1v) is 7.47. The van der Waals surface area contributed by atoms with Crippen molar-refractivity contribution >= 4 is 0 Å². The van der Waals surface area contributed by atoms with Crippen molar-refractivity contribution in [3.8, 4) is 0 Å². The molecule has 0 aliphatic carbocycles. The van der Waals surface area contributed by atoms with Gasteiger partial charge in [0.2, 0.25) is 0 Å². The van der Waals surface area contributed by atoms with E-state index in [1.54, 1.807) is 5.56 Å². The molecule has 1 aromatic rings. The largest absolute Gasteiger partial charge is 0.314 e. The molecule has 1 heteroatoms. The van der Waals surface area contributed by atoms with E-state index in [2.05, 4.69) is 51.2 Å². The summed E-state index contributed by atoms with van der Waals surface area (Å²) in [4.78, 5) is 0. The van der Waals surface area contributed by atoms with E-state index in [9.17, 15) is 0 Å². The summed E-state index contributed by atoms with van der Waals surface area (Å²) in [6, 6.07) is 7.32. The molecule has 0 saturated heterocycles. The minimum Gasteiger partial charge on any atom is -0.314 e. The third-order valence-electron chi connectivity index (χ3n) is 3.80. The Kier molecular flexibility index (Phi) is 7.04. The highest BCUT2D eigenvalue weighted by atomic mass is 14.9. The molecule has 0 aromatic heterocycles. The Labute approximate surface area is 113 Å². The molecule has 1 rings (SSSR count). The van der Waals surface area contributed by atoms with Crippen molar-refractivity contribution in [2.24, 2.45) is 0 Å². The van der Waals surface area contributed by atoms with Crippen LogP contribution < -0.4 is 5.32 Å². The first kappa shape index (κ1) is 15.2. The van der Waals surface area contributed by atoms with Crippen LogP contribution in [0.2, 0.25) is 0 Å². The van der Waals surface area contributed by atoms with Gasteiger partial charge in [0.25, 0.3) is 0 Å². The summed E-state index contributed by atoms with van der Waals surface area (Å²) in [5, 5.41) is 3.63. The number of benzene rings is 1. The highest BCUT2D eigenvalue weighted by Gasteiger charge is 2.06. The molecule has 102 valence electrons. The van der Waals surface area contributed by atoms with Crippen LogP contribution in [0.25, 0.3) is 0 Å². The Morgan fingerprint density at radius 1 is 1.11 bits per heavy atom. The molecule has 1 N–H and O–H groups in total. The summed E-state index contributed by atoms with van der Waals surface area (Å²) < 4.78 is 0. The second-order valence-corrected chi connectivity index (χ2v) is 5.32.